The highest BCUT2D eigenvalue weighted by molar-refractivity contribution is 7.89. The summed E-state index contributed by atoms with van der Waals surface area (Å²) in [5.74, 6) is -0.244. The number of benzene rings is 1. The molecule has 9 heteroatoms. The number of piperidine rings is 1. The molecule has 0 saturated carbocycles. The molecule has 178 valence electrons. The van der Waals surface area contributed by atoms with Gasteiger partial charge in [0.25, 0.3) is 5.91 Å². The van der Waals surface area contributed by atoms with Crippen LogP contribution in [0.3, 0.4) is 0 Å². The normalized spacial score (nSPS) is 15.3. The number of hydrogen-bond acceptors (Lipinski definition) is 5. The molecular formula is C24H32N4O4S. The van der Waals surface area contributed by atoms with Gasteiger partial charge in [-0.25, -0.2) is 13.1 Å². The molecule has 2 aromatic rings. The van der Waals surface area contributed by atoms with E-state index in [1.807, 2.05) is 12.1 Å². The molecule has 0 bridgehead atoms. The Morgan fingerprint density at radius 2 is 1.64 bits per heavy atom. The van der Waals surface area contributed by atoms with Crippen LogP contribution in [-0.4, -0.2) is 55.8 Å². The summed E-state index contributed by atoms with van der Waals surface area (Å²) >= 11 is 0. The Balaban J connectivity index is 1.41. The highest BCUT2D eigenvalue weighted by Gasteiger charge is 2.25. The van der Waals surface area contributed by atoms with Gasteiger partial charge in [-0.15, -0.1) is 0 Å². The van der Waals surface area contributed by atoms with E-state index in [1.165, 1.54) is 0 Å². The van der Waals surface area contributed by atoms with Crippen molar-refractivity contribution < 1.29 is 18.0 Å². The van der Waals surface area contributed by atoms with Gasteiger partial charge in [0.1, 0.15) is 0 Å². The van der Waals surface area contributed by atoms with Gasteiger partial charge in [-0.1, -0.05) is 32.9 Å². The van der Waals surface area contributed by atoms with Crippen LogP contribution < -0.4 is 10.0 Å². The van der Waals surface area contributed by atoms with Gasteiger partial charge in [-0.05, 0) is 48.1 Å². The minimum atomic E-state index is -3.67. The Kier molecular flexibility index (Phi) is 7.86. The molecular weight excluding hydrogens is 440 g/mol. The number of likely N-dealkylation sites (tertiary alicyclic amines) is 1. The lowest BCUT2D eigenvalue weighted by Crippen LogP contribution is -2.47. The number of amides is 2. The number of carbonyl (C=O) groups is 2. The van der Waals surface area contributed by atoms with E-state index in [9.17, 15) is 18.0 Å². The predicted octanol–water partition coefficient (Wildman–Crippen LogP) is 2.47. The molecule has 0 radical (unpaired) electrons. The van der Waals surface area contributed by atoms with Gasteiger partial charge >= 0.3 is 0 Å². The molecule has 1 aromatic carbocycles. The summed E-state index contributed by atoms with van der Waals surface area (Å²) in [4.78, 5) is 30.7. The van der Waals surface area contributed by atoms with Crippen molar-refractivity contribution in [2.24, 2.45) is 0 Å². The van der Waals surface area contributed by atoms with E-state index in [1.54, 1.807) is 41.6 Å². The van der Waals surface area contributed by atoms with Crippen LogP contribution in [0.25, 0.3) is 0 Å². The van der Waals surface area contributed by atoms with Gasteiger partial charge in [0.05, 0.1) is 4.90 Å². The molecule has 3 rings (SSSR count). The average molecular weight is 473 g/mol. The fourth-order valence-electron chi connectivity index (χ4n) is 3.72. The Hall–Kier alpha value is -2.78. The third kappa shape index (κ3) is 6.85. The van der Waals surface area contributed by atoms with Crippen LogP contribution in [0, 0.1) is 0 Å². The molecule has 1 fully saturated rings. The second kappa shape index (κ2) is 10.4. The van der Waals surface area contributed by atoms with Crippen molar-refractivity contribution in [3.05, 3.63) is 59.9 Å². The summed E-state index contributed by atoms with van der Waals surface area (Å²) in [5, 5.41) is 2.95. The smallest absolute Gasteiger partial charge is 0.253 e. The molecule has 1 aromatic heterocycles. The van der Waals surface area contributed by atoms with E-state index >= 15 is 0 Å². The first-order valence-electron chi connectivity index (χ1n) is 11.1. The lowest BCUT2D eigenvalue weighted by molar-refractivity contribution is -0.121. The zero-order chi connectivity index (χ0) is 24.1. The summed E-state index contributed by atoms with van der Waals surface area (Å²) in [5.41, 5.74) is 1.60. The largest absolute Gasteiger partial charge is 0.353 e. The van der Waals surface area contributed by atoms with Crippen molar-refractivity contribution in [3.8, 4) is 0 Å². The average Bonchev–Trinajstić information content (AvgIpc) is 2.79. The maximum atomic E-state index is 12.5. The Morgan fingerprint density at radius 1 is 1.03 bits per heavy atom. The van der Waals surface area contributed by atoms with Crippen LogP contribution in [-0.2, 0) is 20.2 Å². The van der Waals surface area contributed by atoms with E-state index in [2.05, 4.69) is 35.8 Å². The third-order valence-corrected chi connectivity index (χ3v) is 7.23. The number of carbonyl (C=O) groups excluding carboxylic acids is 2. The number of rotatable bonds is 7. The molecule has 33 heavy (non-hydrogen) atoms. The molecule has 2 heterocycles. The Bertz CT molecular complexity index is 1060. The fraction of sp³-hybridized carbons (Fsp3) is 0.458. The SMILES string of the molecule is CC(C)(C)c1ccc(S(=O)(=O)NCCC(=O)NC2CCN(C(=O)c3ccncc3)CC2)cc1. The molecule has 0 atom stereocenters. The number of pyridine rings is 1. The zero-order valence-electron chi connectivity index (χ0n) is 19.4. The maximum Gasteiger partial charge on any atom is 0.253 e. The van der Waals surface area contributed by atoms with Crippen molar-refractivity contribution in [3.63, 3.8) is 0 Å². The van der Waals surface area contributed by atoms with Gasteiger partial charge < -0.3 is 10.2 Å². The standard InChI is InChI=1S/C24H32N4O4S/c1-24(2,3)19-4-6-21(7-5-19)33(31,32)26-15-10-22(29)27-20-11-16-28(17-12-20)23(30)18-8-13-25-14-9-18/h4-9,13-14,20,26H,10-12,15-17H2,1-3H3,(H,27,29). The number of nitrogens with zero attached hydrogens (tertiary/aromatic N) is 2. The molecule has 2 N–H and O–H groups in total. The zero-order valence-corrected chi connectivity index (χ0v) is 20.2. The van der Waals surface area contributed by atoms with E-state index in [0.29, 0.717) is 31.5 Å². The fourth-order valence-corrected chi connectivity index (χ4v) is 4.75. The van der Waals surface area contributed by atoms with Crippen molar-refractivity contribution >= 4 is 21.8 Å². The highest BCUT2D eigenvalue weighted by atomic mass is 32.2. The lowest BCUT2D eigenvalue weighted by atomic mass is 9.87. The number of hydrogen-bond donors (Lipinski definition) is 2. The van der Waals surface area contributed by atoms with Gasteiger partial charge in [-0.3, -0.25) is 14.6 Å². The highest BCUT2D eigenvalue weighted by Crippen LogP contribution is 2.23. The molecule has 0 spiro atoms. The Morgan fingerprint density at radius 3 is 2.21 bits per heavy atom. The summed E-state index contributed by atoms with van der Waals surface area (Å²) in [6.07, 6.45) is 4.56. The third-order valence-electron chi connectivity index (χ3n) is 5.75. The first kappa shape index (κ1) is 24.9. The molecule has 8 nitrogen and oxygen atoms in total. The summed E-state index contributed by atoms with van der Waals surface area (Å²) < 4.78 is 27.5. The lowest BCUT2D eigenvalue weighted by Gasteiger charge is -2.32. The van der Waals surface area contributed by atoms with Crippen LogP contribution in [0.5, 0.6) is 0 Å². The second-order valence-electron chi connectivity index (χ2n) is 9.29. The van der Waals surface area contributed by atoms with E-state index in [-0.39, 0.29) is 41.1 Å². The Labute approximate surface area is 195 Å². The van der Waals surface area contributed by atoms with Crippen LogP contribution >= 0.6 is 0 Å². The van der Waals surface area contributed by atoms with Gasteiger partial charge in [-0.2, -0.15) is 0 Å². The van der Waals surface area contributed by atoms with Crippen LogP contribution in [0.4, 0.5) is 0 Å². The molecule has 1 aliphatic rings. The first-order chi connectivity index (χ1) is 15.6. The van der Waals surface area contributed by atoms with Crippen molar-refractivity contribution in [2.45, 2.75) is 56.4 Å². The minimum absolute atomic E-state index is 0.0224. The van der Waals surface area contributed by atoms with Gasteiger partial charge in [0.15, 0.2) is 0 Å². The summed E-state index contributed by atoms with van der Waals surface area (Å²) in [7, 11) is -3.67. The first-order valence-corrected chi connectivity index (χ1v) is 12.6. The van der Waals surface area contributed by atoms with Crippen molar-refractivity contribution in [1.29, 1.82) is 0 Å². The summed E-state index contributed by atoms with van der Waals surface area (Å²) in [6.45, 7) is 7.34. The quantitative estimate of drug-likeness (QED) is 0.644. The number of nitrogens with one attached hydrogen (secondary N) is 2. The van der Waals surface area contributed by atoms with Crippen molar-refractivity contribution in [2.75, 3.05) is 19.6 Å². The van der Waals surface area contributed by atoms with Gasteiger partial charge in [0.2, 0.25) is 15.9 Å². The van der Waals surface area contributed by atoms with Crippen LogP contribution in [0.15, 0.2) is 53.7 Å². The molecule has 1 saturated heterocycles. The maximum absolute atomic E-state index is 12.5. The van der Waals surface area contributed by atoms with Crippen LogP contribution in [0.1, 0.15) is 56.0 Å². The molecule has 2 amide bonds. The van der Waals surface area contributed by atoms with E-state index < -0.39 is 10.0 Å². The summed E-state index contributed by atoms with van der Waals surface area (Å²) in [6, 6.07) is 10.2. The predicted molar refractivity (Wildman–Crippen MR) is 126 cm³/mol. The molecule has 1 aliphatic heterocycles. The monoisotopic (exact) mass is 472 g/mol. The molecule has 0 aliphatic carbocycles. The van der Waals surface area contributed by atoms with Gasteiger partial charge in [0, 0.05) is 50.1 Å². The van der Waals surface area contributed by atoms with Crippen LogP contribution in [0.2, 0.25) is 0 Å². The van der Waals surface area contributed by atoms with Crippen molar-refractivity contribution in [1.82, 2.24) is 19.9 Å². The topological polar surface area (TPSA) is 108 Å². The van der Waals surface area contributed by atoms with E-state index in [4.69, 9.17) is 0 Å². The minimum Gasteiger partial charge on any atom is -0.353 e. The molecule has 0 unspecified atom stereocenters. The second-order valence-corrected chi connectivity index (χ2v) is 11.1. The van der Waals surface area contributed by atoms with E-state index in [0.717, 1.165) is 5.56 Å². The number of sulfonamides is 1. The number of aromatic nitrogens is 1.